The lowest BCUT2D eigenvalue weighted by Gasteiger charge is -2.13. The third kappa shape index (κ3) is 4.59. The summed E-state index contributed by atoms with van der Waals surface area (Å²) in [6, 6.07) is 4.60. The maximum absolute atomic E-state index is 14.2. The summed E-state index contributed by atoms with van der Waals surface area (Å²) in [6.07, 6.45) is 0.0646. The zero-order chi connectivity index (χ0) is 18.6. The number of aliphatic hydroxyl groups is 1. The Labute approximate surface area is 152 Å². The van der Waals surface area contributed by atoms with Crippen molar-refractivity contribution < 1.29 is 19.0 Å². The molecule has 0 aliphatic heterocycles. The summed E-state index contributed by atoms with van der Waals surface area (Å²) in [5.41, 5.74) is 0.791. The number of hydrogen-bond donors (Lipinski definition) is 1. The van der Waals surface area contributed by atoms with Crippen molar-refractivity contribution in [3.8, 4) is 0 Å². The van der Waals surface area contributed by atoms with E-state index in [1.807, 2.05) is 0 Å². The van der Waals surface area contributed by atoms with Crippen LogP contribution in [0.4, 0.5) is 4.39 Å². The van der Waals surface area contributed by atoms with Gasteiger partial charge in [-0.2, -0.15) is 5.10 Å². The molecule has 1 aromatic heterocycles. The van der Waals surface area contributed by atoms with Crippen molar-refractivity contribution in [3.05, 3.63) is 61.2 Å². The van der Waals surface area contributed by atoms with Crippen molar-refractivity contribution in [2.24, 2.45) is 7.05 Å². The van der Waals surface area contributed by atoms with Crippen molar-refractivity contribution in [3.63, 3.8) is 0 Å². The van der Waals surface area contributed by atoms with Crippen molar-refractivity contribution >= 4 is 21.7 Å². The summed E-state index contributed by atoms with van der Waals surface area (Å²) in [6.45, 7) is 1.12. The van der Waals surface area contributed by atoms with Gasteiger partial charge in [-0.15, -0.1) is 0 Å². The number of halogens is 2. The van der Waals surface area contributed by atoms with Gasteiger partial charge in [0.2, 0.25) is 5.78 Å². The summed E-state index contributed by atoms with van der Waals surface area (Å²) in [7, 11) is 1.45. The number of benzene rings is 1. The molecule has 0 unspecified atom stereocenters. The molecule has 134 valence electrons. The molecular formula is C17H18BrFN2O4. The van der Waals surface area contributed by atoms with E-state index in [4.69, 9.17) is 9.84 Å². The lowest BCUT2D eigenvalue weighted by atomic mass is 9.98. The van der Waals surface area contributed by atoms with Crippen molar-refractivity contribution in [2.75, 3.05) is 19.8 Å². The standard InChI is InChI=1S/C17H18BrFN2O4/c1-10-13(7-11-3-4-12(18)8-14(11)19)16(20-21(2)17(10)24)15(23)9-25-6-5-22/h3-4,8,22H,5-7,9H2,1-2H3. The predicted molar refractivity (Wildman–Crippen MR) is 93.4 cm³/mol. The number of aromatic nitrogens is 2. The lowest BCUT2D eigenvalue weighted by molar-refractivity contribution is 0.0656. The number of ether oxygens (including phenoxy) is 1. The van der Waals surface area contributed by atoms with Crippen LogP contribution in [0.25, 0.3) is 0 Å². The molecule has 1 N–H and O–H groups in total. The van der Waals surface area contributed by atoms with Crippen LogP contribution in [0, 0.1) is 12.7 Å². The number of ketones is 1. The smallest absolute Gasteiger partial charge is 0.269 e. The quantitative estimate of drug-likeness (QED) is 0.553. The summed E-state index contributed by atoms with van der Waals surface area (Å²) in [5.74, 6) is -0.871. The molecule has 0 spiro atoms. The number of Topliss-reactive ketones (excluding diaryl/α,β-unsaturated/α-hetero) is 1. The highest BCUT2D eigenvalue weighted by molar-refractivity contribution is 9.10. The largest absolute Gasteiger partial charge is 0.394 e. The average Bonchev–Trinajstić information content (AvgIpc) is 2.57. The van der Waals surface area contributed by atoms with E-state index >= 15 is 0 Å². The van der Waals surface area contributed by atoms with Crippen molar-refractivity contribution in [1.29, 1.82) is 0 Å². The highest BCUT2D eigenvalue weighted by atomic mass is 79.9. The fourth-order valence-corrected chi connectivity index (χ4v) is 2.73. The van der Waals surface area contributed by atoms with Crippen LogP contribution < -0.4 is 5.56 Å². The average molecular weight is 413 g/mol. The minimum atomic E-state index is -0.440. The second-order valence-corrected chi connectivity index (χ2v) is 6.41. The maximum Gasteiger partial charge on any atom is 0.269 e. The fraction of sp³-hybridized carbons (Fsp3) is 0.353. The first kappa shape index (κ1) is 19.4. The molecule has 6 nitrogen and oxygen atoms in total. The molecule has 2 rings (SSSR count). The summed E-state index contributed by atoms with van der Waals surface area (Å²) < 4.78 is 20.9. The Morgan fingerprint density at radius 2 is 2.16 bits per heavy atom. The molecule has 25 heavy (non-hydrogen) atoms. The van der Waals surface area contributed by atoms with Gasteiger partial charge in [-0.05, 0) is 30.2 Å². The number of hydrogen-bond acceptors (Lipinski definition) is 5. The van der Waals surface area contributed by atoms with Crippen LogP contribution in [0.1, 0.15) is 27.2 Å². The first-order chi connectivity index (χ1) is 11.8. The van der Waals surface area contributed by atoms with E-state index in [9.17, 15) is 14.0 Å². The van der Waals surface area contributed by atoms with Gasteiger partial charge in [-0.25, -0.2) is 9.07 Å². The van der Waals surface area contributed by atoms with Crippen molar-refractivity contribution in [2.45, 2.75) is 13.3 Å². The normalized spacial score (nSPS) is 10.9. The van der Waals surface area contributed by atoms with Gasteiger partial charge >= 0.3 is 0 Å². The van der Waals surface area contributed by atoms with Crippen LogP contribution in [0.5, 0.6) is 0 Å². The Hall–Kier alpha value is -1.90. The molecular weight excluding hydrogens is 395 g/mol. The second-order valence-electron chi connectivity index (χ2n) is 5.49. The Morgan fingerprint density at radius 3 is 2.80 bits per heavy atom. The predicted octanol–water partition coefficient (Wildman–Crippen LogP) is 1.77. The molecule has 0 aliphatic carbocycles. The second kappa shape index (κ2) is 8.46. The van der Waals surface area contributed by atoms with Gasteiger partial charge in [0.05, 0.1) is 13.2 Å². The highest BCUT2D eigenvalue weighted by Gasteiger charge is 2.20. The molecule has 2 aromatic rings. The fourth-order valence-electron chi connectivity index (χ4n) is 2.40. The van der Waals surface area contributed by atoms with E-state index in [0.717, 1.165) is 4.68 Å². The highest BCUT2D eigenvalue weighted by Crippen LogP contribution is 2.21. The van der Waals surface area contributed by atoms with Crippen LogP contribution in [-0.4, -0.2) is 40.5 Å². The topological polar surface area (TPSA) is 81.4 Å². The van der Waals surface area contributed by atoms with Gasteiger partial charge in [0.25, 0.3) is 5.56 Å². The van der Waals surface area contributed by atoms with E-state index in [1.54, 1.807) is 19.1 Å². The number of aliphatic hydroxyl groups excluding tert-OH is 1. The molecule has 0 aliphatic rings. The molecule has 0 fully saturated rings. The Balaban J connectivity index is 2.45. The van der Waals surface area contributed by atoms with Crippen LogP contribution in [0.2, 0.25) is 0 Å². The van der Waals surface area contributed by atoms with Gasteiger partial charge in [0.1, 0.15) is 18.1 Å². The number of nitrogens with zero attached hydrogens (tertiary/aromatic N) is 2. The van der Waals surface area contributed by atoms with Crippen LogP contribution in [0.3, 0.4) is 0 Å². The minimum absolute atomic E-state index is 0.0210. The van der Waals surface area contributed by atoms with Gasteiger partial charge in [-0.3, -0.25) is 9.59 Å². The zero-order valence-corrected chi connectivity index (χ0v) is 15.5. The minimum Gasteiger partial charge on any atom is -0.394 e. The molecule has 0 radical (unpaired) electrons. The molecule has 0 atom stereocenters. The summed E-state index contributed by atoms with van der Waals surface area (Å²) in [5, 5.41) is 12.8. The van der Waals surface area contributed by atoms with Crippen molar-refractivity contribution in [1.82, 2.24) is 9.78 Å². The molecule has 0 saturated heterocycles. The van der Waals surface area contributed by atoms with Gasteiger partial charge < -0.3 is 9.84 Å². The molecule has 1 heterocycles. The molecule has 0 saturated carbocycles. The van der Waals surface area contributed by atoms with Gasteiger partial charge in [0, 0.05) is 23.5 Å². The number of carbonyl (C=O) groups is 1. The van der Waals surface area contributed by atoms with Crippen LogP contribution in [-0.2, 0) is 18.2 Å². The summed E-state index contributed by atoms with van der Waals surface area (Å²) in [4.78, 5) is 24.6. The van der Waals surface area contributed by atoms with E-state index in [2.05, 4.69) is 21.0 Å². The van der Waals surface area contributed by atoms with E-state index in [1.165, 1.54) is 13.1 Å². The molecule has 8 heteroatoms. The SMILES string of the molecule is Cc1c(Cc2ccc(Br)cc2F)c(C(=O)COCCO)nn(C)c1=O. The third-order valence-corrected chi connectivity index (χ3v) is 4.21. The molecule has 0 amide bonds. The van der Waals surface area contributed by atoms with E-state index in [0.29, 0.717) is 21.2 Å². The molecule has 1 aromatic carbocycles. The zero-order valence-electron chi connectivity index (χ0n) is 13.9. The number of carbonyl (C=O) groups excluding carboxylic acids is 1. The van der Waals surface area contributed by atoms with Crippen LogP contribution >= 0.6 is 15.9 Å². The Morgan fingerprint density at radius 1 is 1.44 bits per heavy atom. The first-order valence-corrected chi connectivity index (χ1v) is 8.37. The number of rotatable bonds is 7. The van der Waals surface area contributed by atoms with E-state index in [-0.39, 0.29) is 37.5 Å². The van der Waals surface area contributed by atoms with E-state index < -0.39 is 11.6 Å². The lowest BCUT2D eigenvalue weighted by Crippen LogP contribution is -2.29. The monoisotopic (exact) mass is 412 g/mol. The molecule has 0 bridgehead atoms. The number of aryl methyl sites for hydroxylation is 1. The van der Waals surface area contributed by atoms with Gasteiger partial charge in [-0.1, -0.05) is 22.0 Å². The van der Waals surface area contributed by atoms with Gasteiger partial charge in [0.15, 0.2) is 0 Å². The summed E-state index contributed by atoms with van der Waals surface area (Å²) >= 11 is 3.19. The Kier molecular flexibility index (Phi) is 6.57. The van der Waals surface area contributed by atoms with Crippen LogP contribution in [0.15, 0.2) is 27.5 Å². The third-order valence-electron chi connectivity index (χ3n) is 3.72. The first-order valence-electron chi connectivity index (χ1n) is 7.57. The Bertz CT molecular complexity index is 851. The maximum atomic E-state index is 14.2.